The van der Waals surface area contributed by atoms with Crippen LogP contribution in [0.3, 0.4) is 0 Å². The molecule has 0 bridgehead atoms. The lowest BCUT2D eigenvalue weighted by Gasteiger charge is -2.11. The van der Waals surface area contributed by atoms with Gasteiger partial charge < -0.3 is 9.52 Å². The Kier molecular flexibility index (Phi) is 4.76. The molecule has 132 valence electrons. The first kappa shape index (κ1) is 17.2. The Bertz CT molecular complexity index is 1020. The molecule has 1 aliphatic heterocycles. The van der Waals surface area contributed by atoms with E-state index in [0.717, 1.165) is 9.79 Å². The molecular weight excluding hydrogens is 370 g/mol. The van der Waals surface area contributed by atoms with Crippen LogP contribution in [0.2, 0.25) is 0 Å². The van der Waals surface area contributed by atoms with Gasteiger partial charge in [0.1, 0.15) is 17.9 Å². The topological polar surface area (TPSA) is 79.5 Å². The molecule has 5 nitrogen and oxygen atoms in total. The molecule has 4 rings (SSSR count). The van der Waals surface area contributed by atoms with Crippen LogP contribution in [0.4, 0.5) is 0 Å². The zero-order valence-electron chi connectivity index (χ0n) is 13.5. The molecule has 0 amide bonds. The predicted molar refractivity (Wildman–Crippen MR) is 103 cm³/mol. The van der Waals surface area contributed by atoms with Crippen molar-refractivity contribution in [3.05, 3.63) is 70.6 Å². The molecule has 7 heteroatoms. The summed E-state index contributed by atoms with van der Waals surface area (Å²) >= 11 is 3.00. The lowest BCUT2D eigenvalue weighted by molar-refractivity contribution is -0.138. The summed E-state index contributed by atoms with van der Waals surface area (Å²) in [6, 6.07) is 14.8. The molecule has 2 N–H and O–H groups in total. The minimum atomic E-state index is -0.909. The van der Waals surface area contributed by atoms with Crippen LogP contribution in [0.5, 0.6) is 0 Å². The summed E-state index contributed by atoms with van der Waals surface area (Å²) in [5.74, 6) is -0.489. The number of hydrogen-bond acceptors (Lipinski definition) is 6. The molecular formula is C19H15NO4S2. The van der Waals surface area contributed by atoms with Crippen molar-refractivity contribution < 1.29 is 14.3 Å². The Morgan fingerprint density at radius 2 is 2.00 bits per heavy atom. The molecule has 1 unspecified atom stereocenters. The smallest absolute Gasteiger partial charge is 0.321 e. The lowest BCUT2D eigenvalue weighted by atomic mass is 10.1. The summed E-state index contributed by atoms with van der Waals surface area (Å²) in [6.45, 7) is 0. The standard InChI is InChI=1S/C19H15NO4S2/c21-17-13-7-6-12(26-11-4-2-1-3-5-11)8-16(13)24-9-14(17)18-20-15(10-25-18)19(22)23/h1-9,15,18,20H,10H2,(H,22,23)/t15-,18?/m1/s1. The summed E-state index contributed by atoms with van der Waals surface area (Å²) in [5.41, 5.74) is 0.853. The number of hydrogen-bond donors (Lipinski definition) is 2. The maximum absolute atomic E-state index is 12.8. The molecule has 1 saturated heterocycles. The first-order chi connectivity index (χ1) is 12.6. The van der Waals surface area contributed by atoms with Crippen molar-refractivity contribution in [3.8, 4) is 0 Å². The van der Waals surface area contributed by atoms with E-state index in [1.807, 2.05) is 42.5 Å². The second-order valence-corrected chi connectivity index (χ2v) is 8.15. The fourth-order valence-corrected chi connectivity index (χ4v) is 4.88. The minimum absolute atomic E-state index is 0.126. The van der Waals surface area contributed by atoms with Crippen molar-refractivity contribution in [2.75, 3.05) is 5.75 Å². The number of thioether (sulfide) groups is 1. The van der Waals surface area contributed by atoms with Gasteiger partial charge in [0.15, 0.2) is 5.43 Å². The van der Waals surface area contributed by atoms with Crippen molar-refractivity contribution in [1.82, 2.24) is 5.32 Å². The monoisotopic (exact) mass is 385 g/mol. The van der Waals surface area contributed by atoms with E-state index in [1.165, 1.54) is 18.0 Å². The van der Waals surface area contributed by atoms with E-state index < -0.39 is 12.0 Å². The van der Waals surface area contributed by atoms with Crippen LogP contribution >= 0.6 is 23.5 Å². The number of nitrogens with one attached hydrogen (secondary N) is 1. The fraction of sp³-hybridized carbons (Fsp3) is 0.158. The van der Waals surface area contributed by atoms with Gasteiger partial charge in [0, 0.05) is 15.5 Å². The van der Waals surface area contributed by atoms with Crippen molar-refractivity contribution in [2.24, 2.45) is 0 Å². The maximum Gasteiger partial charge on any atom is 0.321 e. The highest BCUT2D eigenvalue weighted by molar-refractivity contribution is 7.99. The second-order valence-electron chi connectivity index (χ2n) is 5.86. The van der Waals surface area contributed by atoms with Crippen LogP contribution in [0, 0.1) is 0 Å². The van der Waals surface area contributed by atoms with E-state index in [9.17, 15) is 9.59 Å². The van der Waals surface area contributed by atoms with Gasteiger partial charge in [-0.1, -0.05) is 30.0 Å². The number of rotatable bonds is 4. The summed E-state index contributed by atoms with van der Waals surface area (Å²) in [4.78, 5) is 26.0. The fourth-order valence-electron chi connectivity index (χ4n) is 2.79. The SMILES string of the molecule is O=C(O)[C@H]1CSC(c2coc3cc(Sc4ccccc4)ccc3c2=O)N1. The van der Waals surface area contributed by atoms with Gasteiger partial charge in [-0.3, -0.25) is 14.9 Å². The molecule has 0 aliphatic carbocycles. The Hall–Kier alpha value is -2.22. The zero-order chi connectivity index (χ0) is 18.1. The molecule has 3 aromatic rings. The van der Waals surface area contributed by atoms with E-state index in [-0.39, 0.29) is 10.8 Å². The van der Waals surface area contributed by atoms with E-state index in [2.05, 4.69) is 5.32 Å². The highest BCUT2D eigenvalue weighted by Gasteiger charge is 2.32. The largest absolute Gasteiger partial charge is 0.480 e. The quantitative estimate of drug-likeness (QED) is 0.708. The van der Waals surface area contributed by atoms with Crippen LogP contribution in [0.15, 0.2) is 73.8 Å². The van der Waals surface area contributed by atoms with Gasteiger partial charge >= 0.3 is 5.97 Å². The number of carboxylic acid groups (broad SMARTS) is 1. The molecule has 2 aromatic carbocycles. The van der Waals surface area contributed by atoms with Gasteiger partial charge in [-0.05, 0) is 30.3 Å². The van der Waals surface area contributed by atoms with Crippen molar-refractivity contribution in [2.45, 2.75) is 21.2 Å². The summed E-state index contributed by atoms with van der Waals surface area (Å²) in [7, 11) is 0. The molecule has 1 aromatic heterocycles. The predicted octanol–water partition coefficient (Wildman–Crippen LogP) is 3.73. The Labute approximate surface area is 157 Å². The average Bonchev–Trinajstić information content (AvgIpc) is 3.13. The van der Waals surface area contributed by atoms with Gasteiger partial charge in [0.25, 0.3) is 0 Å². The first-order valence-corrected chi connectivity index (χ1v) is 9.87. The minimum Gasteiger partial charge on any atom is -0.480 e. The van der Waals surface area contributed by atoms with E-state index >= 15 is 0 Å². The summed E-state index contributed by atoms with van der Waals surface area (Å²) in [6.07, 6.45) is 1.44. The van der Waals surface area contributed by atoms with Crippen LogP contribution in [0.25, 0.3) is 11.0 Å². The zero-order valence-corrected chi connectivity index (χ0v) is 15.2. The third-order valence-electron chi connectivity index (χ3n) is 4.11. The molecule has 2 heterocycles. The van der Waals surface area contributed by atoms with E-state index in [0.29, 0.717) is 22.3 Å². The number of carboxylic acids is 1. The number of carbonyl (C=O) groups is 1. The van der Waals surface area contributed by atoms with Crippen LogP contribution in [-0.4, -0.2) is 22.9 Å². The molecule has 0 spiro atoms. The first-order valence-electron chi connectivity index (χ1n) is 8.00. The molecule has 1 aliphatic rings. The Morgan fingerprint density at radius 1 is 1.19 bits per heavy atom. The van der Waals surface area contributed by atoms with Crippen LogP contribution in [-0.2, 0) is 4.79 Å². The average molecular weight is 385 g/mol. The number of benzene rings is 2. The molecule has 0 saturated carbocycles. The maximum atomic E-state index is 12.8. The van der Waals surface area contributed by atoms with Gasteiger partial charge in [-0.2, -0.15) is 0 Å². The van der Waals surface area contributed by atoms with E-state index in [4.69, 9.17) is 9.52 Å². The summed E-state index contributed by atoms with van der Waals surface area (Å²) < 4.78 is 5.70. The number of fused-ring (bicyclic) bond motifs is 1. The third kappa shape index (κ3) is 3.38. The molecule has 1 fully saturated rings. The van der Waals surface area contributed by atoms with Crippen LogP contribution in [0.1, 0.15) is 10.9 Å². The molecule has 0 radical (unpaired) electrons. The van der Waals surface area contributed by atoms with Gasteiger partial charge in [-0.25, -0.2) is 0 Å². The van der Waals surface area contributed by atoms with E-state index in [1.54, 1.807) is 17.8 Å². The number of aliphatic carboxylic acids is 1. The molecule has 2 atom stereocenters. The normalized spacial score (nSPS) is 19.7. The van der Waals surface area contributed by atoms with Crippen molar-refractivity contribution in [3.63, 3.8) is 0 Å². The lowest BCUT2D eigenvalue weighted by Crippen LogP contribution is -2.34. The van der Waals surface area contributed by atoms with Crippen molar-refractivity contribution >= 4 is 40.5 Å². The second kappa shape index (κ2) is 7.19. The Morgan fingerprint density at radius 3 is 2.73 bits per heavy atom. The highest BCUT2D eigenvalue weighted by Crippen LogP contribution is 2.33. The third-order valence-corrected chi connectivity index (χ3v) is 6.36. The summed E-state index contributed by atoms with van der Waals surface area (Å²) in [5, 5.41) is 12.2. The Balaban J connectivity index is 1.63. The van der Waals surface area contributed by atoms with Gasteiger partial charge in [-0.15, -0.1) is 11.8 Å². The van der Waals surface area contributed by atoms with Gasteiger partial charge in [0.05, 0.1) is 16.3 Å². The highest BCUT2D eigenvalue weighted by atomic mass is 32.2. The van der Waals surface area contributed by atoms with Crippen LogP contribution < -0.4 is 10.7 Å². The van der Waals surface area contributed by atoms with Gasteiger partial charge in [0.2, 0.25) is 0 Å². The van der Waals surface area contributed by atoms with Crippen molar-refractivity contribution in [1.29, 1.82) is 0 Å². The molecule has 26 heavy (non-hydrogen) atoms.